The van der Waals surface area contributed by atoms with E-state index in [2.05, 4.69) is 4.98 Å². The van der Waals surface area contributed by atoms with Crippen LogP contribution in [0.4, 0.5) is 5.82 Å². The first kappa shape index (κ1) is 14.3. The van der Waals surface area contributed by atoms with Gasteiger partial charge in [-0.3, -0.25) is 4.79 Å². The van der Waals surface area contributed by atoms with Crippen molar-refractivity contribution >= 4 is 18.4 Å². The number of aromatic nitrogens is 1. The molecule has 0 bridgehead atoms. The van der Waals surface area contributed by atoms with Crippen molar-refractivity contribution in [2.75, 3.05) is 5.73 Å². The van der Waals surface area contributed by atoms with Crippen LogP contribution < -0.4 is 16.8 Å². The Morgan fingerprint density at radius 3 is 2.33 bits per heavy atom. The van der Waals surface area contributed by atoms with Crippen molar-refractivity contribution in [3.8, 4) is 23.3 Å². The molecule has 21 heavy (non-hydrogen) atoms. The van der Waals surface area contributed by atoms with Gasteiger partial charge in [0.1, 0.15) is 29.1 Å². The smallest absolute Gasteiger partial charge is 0.423 e. The van der Waals surface area contributed by atoms with Gasteiger partial charge in [0.15, 0.2) is 0 Å². The topological polar surface area (TPSA) is 147 Å². The van der Waals surface area contributed by atoms with E-state index in [1.807, 2.05) is 6.07 Å². The van der Waals surface area contributed by atoms with Crippen molar-refractivity contribution in [2.45, 2.75) is 0 Å². The molecule has 0 radical (unpaired) electrons. The van der Waals surface area contributed by atoms with Crippen molar-refractivity contribution in [1.82, 2.24) is 4.98 Å². The molecule has 1 aromatic heterocycles. The van der Waals surface area contributed by atoms with E-state index in [1.54, 1.807) is 18.2 Å². The fourth-order valence-corrected chi connectivity index (χ4v) is 2.06. The molecule has 5 N–H and O–H groups in total. The summed E-state index contributed by atoms with van der Waals surface area (Å²) in [6.45, 7) is 0. The molecule has 7 nitrogen and oxygen atoms in total. The van der Waals surface area contributed by atoms with Crippen LogP contribution in [-0.2, 0) is 0 Å². The van der Waals surface area contributed by atoms with Crippen LogP contribution >= 0.6 is 0 Å². The molecule has 0 aliphatic heterocycles. The SMILES string of the molecule is N#Cc1c(N)[nH]c(=O)c(C#N)c1-c1ccccc1B(O)O. The number of pyridine rings is 1. The number of rotatable bonds is 2. The van der Waals surface area contributed by atoms with Gasteiger partial charge in [-0.05, 0) is 11.0 Å². The zero-order valence-corrected chi connectivity index (χ0v) is 10.7. The van der Waals surface area contributed by atoms with Crippen LogP contribution in [0, 0.1) is 22.7 Å². The summed E-state index contributed by atoms with van der Waals surface area (Å²) >= 11 is 0. The Balaban J connectivity index is 2.98. The highest BCUT2D eigenvalue weighted by Crippen LogP contribution is 2.26. The highest BCUT2D eigenvalue weighted by atomic mass is 16.4. The molecule has 1 heterocycles. The van der Waals surface area contributed by atoms with Gasteiger partial charge in [-0.25, -0.2) is 0 Å². The Bertz CT molecular complexity index is 846. The number of anilines is 1. The Kier molecular flexibility index (Phi) is 3.76. The van der Waals surface area contributed by atoms with Crippen LogP contribution in [0.3, 0.4) is 0 Å². The zero-order valence-electron chi connectivity index (χ0n) is 10.7. The number of H-pyrrole nitrogens is 1. The molecule has 0 aliphatic rings. The highest BCUT2D eigenvalue weighted by Gasteiger charge is 2.23. The molecular formula is C13H9BN4O3. The minimum atomic E-state index is -1.82. The van der Waals surface area contributed by atoms with E-state index >= 15 is 0 Å². The van der Waals surface area contributed by atoms with Crippen molar-refractivity contribution in [1.29, 1.82) is 10.5 Å². The van der Waals surface area contributed by atoms with E-state index in [9.17, 15) is 20.1 Å². The lowest BCUT2D eigenvalue weighted by molar-refractivity contribution is 0.426. The van der Waals surface area contributed by atoms with Crippen LogP contribution in [0.2, 0.25) is 0 Å². The van der Waals surface area contributed by atoms with Crippen molar-refractivity contribution in [2.24, 2.45) is 0 Å². The molecule has 0 saturated heterocycles. The lowest BCUT2D eigenvalue weighted by atomic mass is 9.74. The Hall–Kier alpha value is -3.07. The fourth-order valence-electron chi connectivity index (χ4n) is 2.06. The largest absolute Gasteiger partial charge is 0.489 e. The average Bonchev–Trinajstić information content (AvgIpc) is 2.46. The van der Waals surface area contributed by atoms with Gasteiger partial charge in [-0.2, -0.15) is 10.5 Å². The average molecular weight is 280 g/mol. The Morgan fingerprint density at radius 1 is 1.14 bits per heavy atom. The number of benzene rings is 1. The highest BCUT2D eigenvalue weighted by molar-refractivity contribution is 6.60. The molecule has 0 fully saturated rings. The first-order chi connectivity index (χ1) is 10.0. The number of nitrogen functional groups attached to an aromatic ring is 1. The predicted molar refractivity (Wildman–Crippen MR) is 76.2 cm³/mol. The van der Waals surface area contributed by atoms with Crippen LogP contribution in [-0.4, -0.2) is 22.2 Å². The van der Waals surface area contributed by atoms with Crippen molar-refractivity contribution in [3.63, 3.8) is 0 Å². The van der Waals surface area contributed by atoms with Gasteiger partial charge in [0.05, 0.1) is 0 Å². The Labute approximate surface area is 119 Å². The normalized spacial score (nSPS) is 9.71. The number of nitrogens with one attached hydrogen (secondary N) is 1. The third-order valence-electron chi connectivity index (χ3n) is 2.98. The van der Waals surface area contributed by atoms with Gasteiger partial charge in [0.25, 0.3) is 5.56 Å². The zero-order chi connectivity index (χ0) is 15.6. The Morgan fingerprint density at radius 2 is 1.76 bits per heavy atom. The maximum atomic E-state index is 11.8. The first-order valence-electron chi connectivity index (χ1n) is 5.82. The quantitative estimate of drug-likeness (QED) is 0.521. The molecule has 0 atom stereocenters. The number of nitrogens with zero attached hydrogens (tertiary/aromatic N) is 2. The molecule has 1 aromatic carbocycles. The summed E-state index contributed by atoms with van der Waals surface area (Å²) in [4.78, 5) is 14.0. The van der Waals surface area contributed by atoms with E-state index in [1.165, 1.54) is 12.1 Å². The standard InChI is InChI=1S/C13H9BN4O3/c15-5-8-11(9(6-16)13(19)18-12(8)17)7-3-1-2-4-10(7)14(20)21/h1-4,20-21H,(H3,17,18,19). The van der Waals surface area contributed by atoms with E-state index in [0.717, 1.165) is 0 Å². The van der Waals surface area contributed by atoms with Gasteiger partial charge in [-0.1, -0.05) is 24.3 Å². The van der Waals surface area contributed by atoms with E-state index in [-0.39, 0.29) is 33.5 Å². The van der Waals surface area contributed by atoms with Crippen LogP contribution in [0.15, 0.2) is 29.1 Å². The summed E-state index contributed by atoms with van der Waals surface area (Å²) in [5.41, 5.74) is 4.70. The third-order valence-corrected chi connectivity index (χ3v) is 2.98. The van der Waals surface area contributed by atoms with Crippen molar-refractivity contribution < 1.29 is 10.0 Å². The summed E-state index contributed by atoms with van der Waals surface area (Å²) in [7, 11) is -1.82. The van der Waals surface area contributed by atoms with Crippen LogP contribution in [0.25, 0.3) is 11.1 Å². The molecule has 2 aromatic rings. The second kappa shape index (κ2) is 5.51. The van der Waals surface area contributed by atoms with Crippen LogP contribution in [0.5, 0.6) is 0 Å². The van der Waals surface area contributed by atoms with E-state index < -0.39 is 12.7 Å². The number of aromatic amines is 1. The van der Waals surface area contributed by atoms with Gasteiger partial charge in [0, 0.05) is 5.56 Å². The minimum absolute atomic E-state index is 0.00931. The molecular weight excluding hydrogens is 271 g/mol. The molecule has 0 aliphatic carbocycles. The second-order valence-corrected chi connectivity index (χ2v) is 4.18. The third kappa shape index (κ3) is 2.37. The molecule has 8 heteroatoms. The van der Waals surface area contributed by atoms with Gasteiger partial charge >= 0.3 is 7.12 Å². The predicted octanol–water partition coefficient (Wildman–Crippen LogP) is -0.953. The lowest BCUT2D eigenvalue weighted by Gasteiger charge is -2.12. The van der Waals surface area contributed by atoms with Gasteiger partial charge < -0.3 is 20.8 Å². The number of nitriles is 2. The molecule has 2 rings (SSSR count). The fraction of sp³-hybridized carbons (Fsp3) is 0. The molecule has 0 spiro atoms. The summed E-state index contributed by atoms with van der Waals surface area (Å²) in [5, 5.41) is 37.2. The van der Waals surface area contributed by atoms with E-state index in [4.69, 9.17) is 11.0 Å². The monoisotopic (exact) mass is 280 g/mol. The number of hydrogen-bond acceptors (Lipinski definition) is 6. The second-order valence-electron chi connectivity index (χ2n) is 4.18. The molecule has 102 valence electrons. The lowest BCUT2D eigenvalue weighted by Crippen LogP contribution is -2.32. The van der Waals surface area contributed by atoms with Crippen LogP contribution in [0.1, 0.15) is 11.1 Å². The maximum Gasteiger partial charge on any atom is 0.489 e. The molecule has 0 saturated carbocycles. The minimum Gasteiger partial charge on any atom is -0.423 e. The maximum absolute atomic E-state index is 11.8. The van der Waals surface area contributed by atoms with Crippen molar-refractivity contribution in [3.05, 3.63) is 45.7 Å². The molecule has 0 amide bonds. The summed E-state index contributed by atoms with van der Waals surface area (Å²) in [6, 6.07) is 9.58. The summed E-state index contributed by atoms with van der Waals surface area (Å²) < 4.78 is 0. The summed E-state index contributed by atoms with van der Waals surface area (Å²) in [5.74, 6) is -0.182. The number of hydrogen-bond donors (Lipinski definition) is 4. The van der Waals surface area contributed by atoms with E-state index in [0.29, 0.717) is 0 Å². The number of nitrogens with two attached hydrogens (primary N) is 1. The van der Waals surface area contributed by atoms with Gasteiger partial charge in [-0.15, -0.1) is 0 Å². The molecule has 0 unspecified atom stereocenters. The van der Waals surface area contributed by atoms with Gasteiger partial charge in [0.2, 0.25) is 0 Å². The summed E-state index contributed by atoms with van der Waals surface area (Å²) in [6.07, 6.45) is 0. The first-order valence-corrected chi connectivity index (χ1v) is 5.82.